The van der Waals surface area contributed by atoms with Crippen LogP contribution in [0.1, 0.15) is 12.1 Å². The average Bonchev–Trinajstić information content (AvgIpc) is 2.62. The second kappa shape index (κ2) is 4.16. The molecule has 1 saturated heterocycles. The average molecular weight is 307 g/mol. The van der Waals surface area contributed by atoms with Crippen molar-refractivity contribution in [2.45, 2.75) is 19.1 Å². The standard InChI is InChI=1S/C9H14IN3O/c1-12-9(10)4-7(11-12)5-13-3-2-8(14)6-13/h4,8,14H,2-3,5-6H2,1H3/t8-/m1/s1. The SMILES string of the molecule is Cn1nc(CN2CC[C@@H](O)C2)cc1I. The first-order valence-corrected chi connectivity index (χ1v) is 5.82. The molecule has 0 saturated carbocycles. The quantitative estimate of drug-likeness (QED) is 0.813. The first-order chi connectivity index (χ1) is 6.65. The molecule has 0 radical (unpaired) electrons. The molecule has 0 unspecified atom stereocenters. The molecule has 1 aromatic heterocycles. The summed E-state index contributed by atoms with van der Waals surface area (Å²) >= 11 is 2.27. The highest BCUT2D eigenvalue weighted by atomic mass is 127. The summed E-state index contributed by atoms with van der Waals surface area (Å²) in [6.07, 6.45) is 0.752. The smallest absolute Gasteiger partial charge is 0.0989 e. The second-order valence-electron chi connectivity index (χ2n) is 3.76. The number of hydrogen-bond acceptors (Lipinski definition) is 3. The summed E-state index contributed by atoms with van der Waals surface area (Å²) < 4.78 is 3.03. The Morgan fingerprint density at radius 1 is 1.71 bits per heavy atom. The predicted molar refractivity (Wildman–Crippen MR) is 61.8 cm³/mol. The minimum atomic E-state index is -0.141. The Kier molecular flexibility index (Phi) is 3.08. The third-order valence-corrected chi connectivity index (χ3v) is 3.52. The van der Waals surface area contributed by atoms with Gasteiger partial charge in [0.25, 0.3) is 0 Å². The number of hydrogen-bond donors (Lipinski definition) is 1. The van der Waals surface area contributed by atoms with Gasteiger partial charge in [-0.2, -0.15) is 5.10 Å². The van der Waals surface area contributed by atoms with Crippen LogP contribution in [-0.2, 0) is 13.6 Å². The molecule has 1 aliphatic rings. The predicted octanol–water partition coefficient (Wildman–Crippen LogP) is 0.591. The van der Waals surface area contributed by atoms with Gasteiger partial charge in [-0.15, -0.1) is 0 Å². The number of nitrogens with zero attached hydrogens (tertiary/aromatic N) is 3. The Balaban J connectivity index is 1.97. The zero-order valence-electron chi connectivity index (χ0n) is 8.15. The summed E-state index contributed by atoms with van der Waals surface area (Å²) in [5, 5.41) is 13.8. The van der Waals surface area contributed by atoms with Gasteiger partial charge in [-0.3, -0.25) is 9.58 Å². The van der Waals surface area contributed by atoms with Crippen LogP contribution >= 0.6 is 22.6 Å². The van der Waals surface area contributed by atoms with E-state index in [0.29, 0.717) is 0 Å². The van der Waals surface area contributed by atoms with E-state index in [9.17, 15) is 5.11 Å². The molecule has 0 aromatic carbocycles. The van der Waals surface area contributed by atoms with Gasteiger partial charge < -0.3 is 5.11 Å². The number of aliphatic hydroxyl groups is 1. The summed E-state index contributed by atoms with van der Waals surface area (Å²) in [5.74, 6) is 0. The molecule has 2 rings (SSSR count). The fraction of sp³-hybridized carbons (Fsp3) is 0.667. The molecule has 14 heavy (non-hydrogen) atoms. The van der Waals surface area contributed by atoms with Crippen molar-refractivity contribution in [3.8, 4) is 0 Å². The normalized spacial score (nSPS) is 23.2. The monoisotopic (exact) mass is 307 g/mol. The zero-order valence-corrected chi connectivity index (χ0v) is 10.3. The van der Waals surface area contributed by atoms with Crippen molar-refractivity contribution in [1.29, 1.82) is 0 Å². The number of aromatic nitrogens is 2. The van der Waals surface area contributed by atoms with Crippen LogP contribution < -0.4 is 0 Å². The Morgan fingerprint density at radius 2 is 2.50 bits per heavy atom. The van der Waals surface area contributed by atoms with E-state index < -0.39 is 0 Å². The molecule has 78 valence electrons. The first kappa shape index (κ1) is 10.4. The lowest BCUT2D eigenvalue weighted by Crippen LogP contribution is -2.21. The molecule has 2 heterocycles. The molecule has 1 aromatic rings. The van der Waals surface area contributed by atoms with Crippen LogP contribution in [0.15, 0.2) is 6.07 Å². The van der Waals surface area contributed by atoms with Crippen molar-refractivity contribution < 1.29 is 5.11 Å². The lowest BCUT2D eigenvalue weighted by atomic mass is 10.3. The van der Waals surface area contributed by atoms with Gasteiger partial charge in [0.2, 0.25) is 0 Å². The number of β-amino-alcohol motifs (C(OH)–C–C–N with tert-alkyl or cyclic N) is 1. The topological polar surface area (TPSA) is 41.3 Å². The minimum Gasteiger partial charge on any atom is -0.392 e. The van der Waals surface area contributed by atoms with Gasteiger partial charge in [-0.25, -0.2) is 0 Å². The van der Waals surface area contributed by atoms with Crippen molar-refractivity contribution in [3.63, 3.8) is 0 Å². The molecule has 0 bridgehead atoms. The second-order valence-corrected chi connectivity index (χ2v) is 4.86. The van der Waals surface area contributed by atoms with Gasteiger partial charge in [0, 0.05) is 26.7 Å². The van der Waals surface area contributed by atoms with Gasteiger partial charge in [0.15, 0.2) is 0 Å². The molecule has 1 N–H and O–H groups in total. The van der Waals surface area contributed by atoms with Gasteiger partial charge in [-0.1, -0.05) is 0 Å². The Bertz CT molecular complexity index is 306. The van der Waals surface area contributed by atoms with Crippen molar-refractivity contribution in [1.82, 2.24) is 14.7 Å². The number of likely N-dealkylation sites (tertiary alicyclic amines) is 1. The number of rotatable bonds is 2. The maximum absolute atomic E-state index is 9.37. The highest BCUT2D eigenvalue weighted by Crippen LogP contribution is 2.13. The van der Waals surface area contributed by atoms with Crippen LogP contribution in [0, 0.1) is 3.70 Å². The summed E-state index contributed by atoms with van der Waals surface area (Å²) in [6, 6.07) is 2.09. The van der Waals surface area contributed by atoms with E-state index in [1.807, 2.05) is 11.7 Å². The van der Waals surface area contributed by atoms with Gasteiger partial charge in [0.1, 0.15) is 0 Å². The Morgan fingerprint density at radius 3 is 3.00 bits per heavy atom. The van der Waals surface area contributed by atoms with Gasteiger partial charge in [-0.05, 0) is 35.1 Å². The Labute approximate surface area is 97.0 Å². The van der Waals surface area contributed by atoms with E-state index in [4.69, 9.17) is 0 Å². The first-order valence-electron chi connectivity index (χ1n) is 4.74. The number of aryl methyl sites for hydroxylation is 1. The minimum absolute atomic E-state index is 0.141. The maximum Gasteiger partial charge on any atom is 0.0989 e. The van der Waals surface area contributed by atoms with Crippen LogP contribution in [0.3, 0.4) is 0 Å². The van der Waals surface area contributed by atoms with Crippen molar-refractivity contribution in [3.05, 3.63) is 15.5 Å². The molecular formula is C9H14IN3O. The van der Waals surface area contributed by atoms with E-state index in [-0.39, 0.29) is 6.10 Å². The highest BCUT2D eigenvalue weighted by molar-refractivity contribution is 14.1. The van der Waals surface area contributed by atoms with E-state index >= 15 is 0 Å². The summed E-state index contributed by atoms with van der Waals surface area (Å²) in [4.78, 5) is 2.24. The number of aliphatic hydroxyl groups excluding tert-OH is 1. The van der Waals surface area contributed by atoms with Crippen LogP contribution in [-0.4, -0.2) is 39.0 Å². The Hall–Kier alpha value is -0.140. The van der Waals surface area contributed by atoms with Gasteiger partial charge >= 0.3 is 0 Å². The third kappa shape index (κ3) is 2.26. The summed E-state index contributed by atoms with van der Waals surface area (Å²) in [5.41, 5.74) is 1.09. The number of halogens is 1. The van der Waals surface area contributed by atoms with Crippen molar-refractivity contribution in [2.75, 3.05) is 13.1 Å². The molecule has 0 amide bonds. The largest absolute Gasteiger partial charge is 0.392 e. The van der Waals surface area contributed by atoms with Crippen molar-refractivity contribution >= 4 is 22.6 Å². The zero-order chi connectivity index (χ0) is 10.1. The van der Waals surface area contributed by atoms with Crippen LogP contribution in [0.5, 0.6) is 0 Å². The highest BCUT2D eigenvalue weighted by Gasteiger charge is 2.20. The molecule has 4 nitrogen and oxygen atoms in total. The summed E-state index contributed by atoms with van der Waals surface area (Å²) in [6.45, 7) is 2.62. The summed E-state index contributed by atoms with van der Waals surface area (Å²) in [7, 11) is 1.95. The van der Waals surface area contributed by atoms with Crippen molar-refractivity contribution in [2.24, 2.45) is 7.05 Å². The molecule has 1 atom stereocenters. The maximum atomic E-state index is 9.37. The lowest BCUT2D eigenvalue weighted by molar-refractivity contribution is 0.174. The van der Waals surface area contributed by atoms with Crippen LogP contribution in [0.25, 0.3) is 0 Å². The van der Waals surface area contributed by atoms with E-state index in [1.54, 1.807) is 0 Å². The van der Waals surface area contributed by atoms with E-state index in [2.05, 4.69) is 38.7 Å². The molecular weight excluding hydrogens is 293 g/mol. The molecule has 5 heteroatoms. The molecule has 1 aliphatic heterocycles. The lowest BCUT2D eigenvalue weighted by Gasteiger charge is -2.12. The molecule has 0 aliphatic carbocycles. The van der Waals surface area contributed by atoms with E-state index in [1.165, 1.54) is 0 Å². The van der Waals surface area contributed by atoms with Crippen LogP contribution in [0.2, 0.25) is 0 Å². The van der Waals surface area contributed by atoms with Crippen LogP contribution in [0.4, 0.5) is 0 Å². The fourth-order valence-electron chi connectivity index (χ4n) is 1.76. The molecule has 1 fully saturated rings. The van der Waals surface area contributed by atoms with Gasteiger partial charge in [0.05, 0.1) is 15.5 Å². The third-order valence-electron chi connectivity index (χ3n) is 2.51. The van der Waals surface area contributed by atoms with E-state index in [0.717, 1.165) is 35.4 Å². The fourth-order valence-corrected chi connectivity index (χ4v) is 2.23. The molecule has 0 spiro atoms.